The molecule has 0 N–H and O–H groups in total. The molecule has 0 fully saturated rings. The molecule has 1 amide bonds. The third-order valence-electron chi connectivity index (χ3n) is 4.86. The van der Waals surface area contributed by atoms with Gasteiger partial charge in [-0.3, -0.25) is 4.79 Å². The second-order valence-corrected chi connectivity index (χ2v) is 8.59. The minimum absolute atomic E-state index is 0.0287. The lowest BCUT2D eigenvalue weighted by Crippen LogP contribution is -2.27. The maximum Gasteiger partial charge on any atom is 0.233 e. The lowest BCUT2D eigenvalue weighted by Gasteiger charge is -2.17. The van der Waals surface area contributed by atoms with Gasteiger partial charge in [-0.15, -0.1) is 10.2 Å². The molecule has 0 saturated heterocycles. The van der Waals surface area contributed by atoms with E-state index in [4.69, 9.17) is 16.3 Å². The molecule has 2 aromatic carbocycles. The molecule has 164 valence electrons. The number of halogens is 1. The largest absolute Gasteiger partial charge is 0.497 e. The molecule has 8 heteroatoms. The molecule has 6 nitrogen and oxygen atoms in total. The lowest BCUT2D eigenvalue weighted by molar-refractivity contribution is -0.127. The minimum atomic E-state index is 0.0287. The number of rotatable bonds is 10. The number of hydrogen-bond acceptors (Lipinski definition) is 5. The predicted octanol–water partition coefficient (Wildman–Crippen LogP) is 5.16. The van der Waals surface area contributed by atoms with Gasteiger partial charge in [-0.05, 0) is 48.4 Å². The van der Waals surface area contributed by atoms with Crippen molar-refractivity contribution in [3.8, 4) is 17.1 Å². The summed E-state index contributed by atoms with van der Waals surface area (Å²) in [7, 11) is 3.45. The average Bonchev–Trinajstić information content (AvgIpc) is 3.18. The molecule has 0 bridgehead atoms. The minimum Gasteiger partial charge on any atom is -0.497 e. The molecule has 0 radical (unpaired) electrons. The number of aromatic nitrogens is 3. The predicted molar refractivity (Wildman–Crippen MR) is 126 cm³/mol. The van der Waals surface area contributed by atoms with Gasteiger partial charge in [0, 0.05) is 30.7 Å². The van der Waals surface area contributed by atoms with Crippen molar-refractivity contribution in [2.75, 3.05) is 19.9 Å². The molecule has 3 aromatic rings. The molecule has 0 spiro atoms. The number of thioether (sulfide) groups is 1. The van der Waals surface area contributed by atoms with E-state index in [1.165, 1.54) is 11.8 Å². The van der Waals surface area contributed by atoms with Gasteiger partial charge in [0.1, 0.15) is 5.75 Å². The van der Waals surface area contributed by atoms with E-state index >= 15 is 0 Å². The van der Waals surface area contributed by atoms with Crippen LogP contribution in [-0.4, -0.2) is 45.5 Å². The lowest BCUT2D eigenvalue weighted by atomic mass is 10.2. The summed E-state index contributed by atoms with van der Waals surface area (Å²) >= 11 is 7.46. The summed E-state index contributed by atoms with van der Waals surface area (Å²) in [5.41, 5.74) is 1.97. The van der Waals surface area contributed by atoms with Crippen molar-refractivity contribution in [2.45, 2.75) is 38.0 Å². The summed E-state index contributed by atoms with van der Waals surface area (Å²) in [6.07, 6.45) is 2.07. The number of amides is 1. The van der Waals surface area contributed by atoms with Gasteiger partial charge in [-0.25, -0.2) is 0 Å². The zero-order chi connectivity index (χ0) is 22.2. The number of hydrogen-bond donors (Lipinski definition) is 0. The highest BCUT2D eigenvalue weighted by molar-refractivity contribution is 7.99. The first kappa shape index (κ1) is 23.2. The Morgan fingerprint density at radius 3 is 2.65 bits per heavy atom. The summed E-state index contributed by atoms with van der Waals surface area (Å²) in [5, 5.41) is 10.2. The van der Waals surface area contributed by atoms with Crippen LogP contribution in [0.15, 0.2) is 53.7 Å². The first-order valence-electron chi connectivity index (χ1n) is 10.2. The Balaban J connectivity index is 1.69. The first-order chi connectivity index (χ1) is 15.0. The van der Waals surface area contributed by atoms with Crippen molar-refractivity contribution >= 4 is 29.3 Å². The van der Waals surface area contributed by atoms with E-state index < -0.39 is 0 Å². The fourth-order valence-electron chi connectivity index (χ4n) is 3.10. The van der Waals surface area contributed by atoms with Crippen LogP contribution in [0.2, 0.25) is 5.02 Å². The molecule has 0 aliphatic carbocycles. The van der Waals surface area contributed by atoms with Gasteiger partial charge < -0.3 is 14.2 Å². The zero-order valence-electron chi connectivity index (χ0n) is 18.0. The summed E-state index contributed by atoms with van der Waals surface area (Å²) < 4.78 is 7.34. The van der Waals surface area contributed by atoms with Crippen LogP contribution in [0.3, 0.4) is 0 Å². The molecule has 0 unspecified atom stereocenters. The van der Waals surface area contributed by atoms with E-state index in [-0.39, 0.29) is 5.91 Å². The highest BCUT2D eigenvalue weighted by Gasteiger charge is 2.17. The molecular weight excluding hydrogens is 432 g/mol. The summed E-state index contributed by atoms with van der Waals surface area (Å²) in [6.45, 7) is 3.47. The maximum absolute atomic E-state index is 12.7. The molecule has 3 rings (SSSR count). The Hall–Kier alpha value is -2.51. The van der Waals surface area contributed by atoms with Crippen LogP contribution < -0.4 is 4.74 Å². The van der Waals surface area contributed by atoms with Crippen LogP contribution in [0.25, 0.3) is 11.4 Å². The van der Waals surface area contributed by atoms with Crippen molar-refractivity contribution < 1.29 is 9.53 Å². The van der Waals surface area contributed by atoms with Crippen molar-refractivity contribution in [1.82, 2.24) is 19.7 Å². The van der Waals surface area contributed by atoms with Crippen molar-refractivity contribution in [2.24, 2.45) is 0 Å². The Morgan fingerprint density at radius 1 is 1.19 bits per heavy atom. The van der Waals surface area contributed by atoms with E-state index in [2.05, 4.69) is 21.7 Å². The topological polar surface area (TPSA) is 60.2 Å². The SMILES string of the molecule is CCCCn1c(SCC(=O)N(C)Cc2cccc(Cl)c2)nnc1-c1ccc(OC)cc1. The standard InChI is InChI=1S/C23H27ClN4O2S/c1-4-5-13-28-22(18-9-11-20(30-3)12-10-18)25-26-23(28)31-16-21(29)27(2)15-17-7-6-8-19(24)14-17/h6-12,14H,4-5,13,15-16H2,1-3H3. The molecule has 0 saturated carbocycles. The number of methoxy groups -OCH3 is 1. The quantitative estimate of drug-likeness (QED) is 0.393. The van der Waals surface area contributed by atoms with Gasteiger partial charge >= 0.3 is 0 Å². The average molecular weight is 459 g/mol. The molecule has 31 heavy (non-hydrogen) atoms. The molecule has 1 heterocycles. The van der Waals surface area contributed by atoms with E-state index in [1.807, 2.05) is 48.5 Å². The molecular formula is C23H27ClN4O2S. The van der Waals surface area contributed by atoms with Crippen LogP contribution >= 0.6 is 23.4 Å². The van der Waals surface area contributed by atoms with Gasteiger partial charge in [-0.2, -0.15) is 0 Å². The van der Waals surface area contributed by atoms with Gasteiger partial charge in [0.05, 0.1) is 12.9 Å². The van der Waals surface area contributed by atoms with Crippen LogP contribution in [0.4, 0.5) is 0 Å². The number of benzene rings is 2. The van der Waals surface area contributed by atoms with E-state index in [9.17, 15) is 4.79 Å². The number of nitrogens with zero attached hydrogens (tertiary/aromatic N) is 4. The normalized spacial score (nSPS) is 10.8. The second kappa shape index (κ2) is 11.2. The van der Waals surface area contributed by atoms with Gasteiger partial charge in [-0.1, -0.05) is 48.8 Å². The number of ether oxygens (including phenoxy) is 1. The van der Waals surface area contributed by atoms with Crippen LogP contribution in [0.1, 0.15) is 25.3 Å². The fourth-order valence-corrected chi connectivity index (χ4v) is 4.22. The highest BCUT2D eigenvalue weighted by Crippen LogP contribution is 2.26. The van der Waals surface area contributed by atoms with Gasteiger partial charge in [0.2, 0.25) is 5.91 Å². The third kappa shape index (κ3) is 6.24. The van der Waals surface area contributed by atoms with E-state index in [0.29, 0.717) is 17.3 Å². The maximum atomic E-state index is 12.7. The third-order valence-corrected chi connectivity index (χ3v) is 6.05. The molecule has 0 atom stereocenters. The van der Waals surface area contributed by atoms with Crippen LogP contribution in [0, 0.1) is 0 Å². The monoisotopic (exact) mass is 458 g/mol. The van der Waals surface area contributed by atoms with Crippen LogP contribution in [0.5, 0.6) is 5.75 Å². The van der Waals surface area contributed by atoms with Gasteiger partial charge in [0.15, 0.2) is 11.0 Å². The molecule has 0 aliphatic rings. The number of carbonyl (C=O) groups is 1. The Morgan fingerprint density at radius 2 is 1.97 bits per heavy atom. The Bertz CT molecular complexity index is 1010. The second-order valence-electron chi connectivity index (χ2n) is 7.21. The highest BCUT2D eigenvalue weighted by atomic mass is 35.5. The Labute approximate surface area is 192 Å². The Kier molecular flexibility index (Phi) is 8.37. The summed E-state index contributed by atoms with van der Waals surface area (Å²) in [6, 6.07) is 15.3. The smallest absolute Gasteiger partial charge is 0.233 e. The van der Waals surface area contributed by atoms with Crippen molar-refractivity contribution in [3.63, 3.8) is 0 Å². The zero-order valence-corrected chi connectivity index (χ0v) is 19.6. The molecule has 0 aliphatic heterocycles. The van der Waals surface area contributed by atoms with Gasteiger partial charge in [0.25, 0.3) is 0 Å². The fraction of sp³-hybridized carbons (Fsp3) is 0.348. The van der Waals surface area contributed by atoms with E-state index in [1.54, 1.807) is 19.1 Å². The summed E-state index contributed by atoms with van der Waals surface area (Å²) in [4.78, 5) is 14.4. The number of carbonyl (C=O) groups excluding carboxylic acids is 1. The summed E-state index contributed by atoms with van der Waals surface area (Å²) in [5.74, 6) is 1.93. The van der Waals surface area contributed by atoms with E-state index in [0.717, 1.165) is 47.2 Å². The van der Waals surface area contributed by atoms with Crippen LogP contribution in [-0.2, 0) is 17.9 Å². The van der Waals surface area contributed by atoms with Crippen molar-refractivity contribution in [1.29, 1.82) is 0 Å². The number of unbranched alkanes of at least 4 members (excludes halogenated alkanes) is 1. The molecule has 1 aromatic heterocycles. The first-order valence-corrected chi connectivity index (χ1v) is 11.6. The van der Waals surface area contributed by atoms with Crippen molar-refractivity contribution in [3.05, 3.63) is 59.1 Å².